The van der Waals surface area contributed by atoms with Crippen LogP contribution in [0.1, 0.15) is 21.9 Å². The van der Waals surface area contributed by atoms with E-state index in [4.69, 9.17) is 0 Å². The summed E-state index contributed by atoms with van der Waals surface area (Å²) < 4.78 is 37.6. The molecule has 2 N–H and O–H groups in total. The summed E-state index contributed by atoms with van der Waals surface area (Å²) in [5, 5.41) is 5.45. The maximum absolute atomic E-state index is 12.5. The van der Waals surface area contributed by atoms with Gasteiger partial charge < -0.3 is 10.6 Å². The standard InChI is InChI=1S/C16H15F3N4O/c1-3-8-20-14-9-13(21-10(2)22-14)15(24)23-12-6-4-11(5-7-12)16(17,18)19/h3-7,9H,1,8H2,2H3,(H,23,24)(H,20,21,22). The third-order valence-electron chi connectivity index (χ3n) is 2.97. The van der Waals surface area contributed by atoms with Gasteiger partial charge in [0.1, 0.15) is 17.3 Å². The van der Waals surface area contributed by atoms with E-state index in [0.29, 0.717) is 18.2 Å². The summed E-state index contributed by atoms with van der Waals surface area (Å²) in [4.78, 5) is 20.4. The Morgan fingerprint density at radius 3 is 2.50 bits per heavy atom. The quantitative estimate of drug-likeness (QED) is 0.818. The number of carbonyl (C=O) groups excluding carboxylic acids is 1. The highest BCUT2D eigenvalue weighted by atomic mass is 19.4. The molecule has 24 heavy (non-hydrogen) atoms. The topological polar surface area (TPSA) is 66.9 Å². The number of nitrogens with zero attached hydrogens (tertiary/aromatic N) is 2. The number of hydrogen-bond donors (Lipinski definition) is 2. The number of hydrogen-bond acceptors (Lipinski definition) is 4. The van der Waals surface area contributed by atoms with Crippen LogP contribution in [0.3, 0.4) is 0 Å². The lowest BCUT2D eigenvalue weighted by Crippen LogP contribution is -2.16. The molecule has 0 unspecified atom stereocenters. The Bertz CT molecular complexity index is 742. The van der Waals surface area contributed by atoms with Crippen molar-refractivity contribution in [2.75, 3.05) is 17.2 Å². The van der Waals surface area contributed by atoms with Gasteiger partial charge in [-0.2, -0.15) is 13.2 Å². The largest absolute Gasteiger partial charge is 0.416 e. The van der Waals surface area contributed by atoms with Crippen LogP contribution in [0, 0.1) is 6.92 Å². The lowest BCUT2D eigenvalue weighted by Gasteiger charge is -2.10. The number of carbonyl (C=O) groups is 1. The molecule has 0 spiro atoms. The number of benzene rings is 1. The van der Waals surface area contributed by atoms with Gasteiger partial charge in [-0.05, 0) is 31.2 Å². The molecule has 0 aliphatic rings. The number of aryl methyl sites for hydroxylation is 1. The molecule has 0 atom stereocenters. The minimum absolute atomic E-state index is 0.106. The minimum atomic E-state index is -4.42. The Morgan fingerprint density at radius 2 is 1.92 bits per heavy atom. The monoisotopic (exact) mass is 336 g/mol. The molecule has 0 aliphatic heterocycles. The fraction of sp³-hybridized carbons (Fsp3) is 0.188. The van der Waals surface area contributed by atoms with Crippen molar-refractivity contribution in [3.63, 3.8) is 0 Å². The number of amides is 1. The molecule has 0 aliphatic carbocycles. The van der Waals surface area contributed by atoms with E-state index in [-0.39, 0.29) is 11.4 Å². The van der Waals surface area contributed by atoms with Crippen LogP contribution in [0.25, 0.3) is 0 Å². The molecule has 0 saturated heterocycles. The van der Waals surface area contributed by atoms with Crippen molar-refractivity contribution in [1.82, 2.24) is 9.97 Å². The predicted octanol–water partition coefficient (Wildman–Crippen LogP) is 3.65. The van der Waals surface area contributed by atoms with Crippen molar-refractivity contribution in [3.8, 4) is 0 Å². The highest BCUT2D eigenvalue weighted by Crippen LogP contribution is 2.29. The van der Waals surface area contributed by atoms with Gasteiger partial charge in [-0.25, -0.2) is 9.97 Å². The van der Waals surface area contributed by atoms with E-state index in [1.165, 1.54) is 18.2 Å². The number of rotatable bonds is 5. The third-order valence-corrected chi connectivity index (χ3v) is 2.97. The van der Waals surface area contributed by atoms with Crippen molar-refractivity contribution >= 4 is 17.4 Å². The van der Waals surface area contributed by atoms with Crippen LogP contribution in [-0.2, 0) is 6.18 Å². The van der Waals surface area contributed by atoms with Crippen LogP contribution in [0.15, 0.2) is 43.0 Å². The minimum Gasteiger partial charge on any atom is -0.366 e. The van der Waals surface area contributed by atoms with E-state index in [2.05, 4.69) is 27.2 Å². The SMILES string of the molecule is C=CCNc1cc(C(=O)Nc2ccc(C(F)(F)F)cc2)nc(C)n1. The van der Waals surface area contributed by atoms with Gasteiger partial charge in [0.05, 0.1) is 5.56 Å². The summed E-state index contributed by atoms with van der Waals surface area (Å²) >= 11 is 0. The molecule has 0 bridgehead atoms. The predicted molar refractivity (Wildman–Crippen MR) is 84.9 cm³/mol. The molecule has 0 radical (unpaired) electrons. The number of anilines is 2. The lowest BCUT2D eigenvalue weighted by atomic mass is 10.2. The maximum Gasteiger partial charge on any atom is 0.416 e. The van der Waals surface area contributed by atoms with Gasteiger partial charge in [-0.15, -0.1) is 6.58 Å². The van der Waals surface area contributed by atoms with E-state index >= 15 is 0 Å². The van der Waals surface area contributed by atoms with Crippen molar-refractivity contribution in [1.29, 1.82) is 0 Å². The van der Waals surface area contributed by atoms with Crippen molar-refractivity contribution in [3.05, 3.63) is 60.1 Å². The lowest BCUT2D eigenvalue weighted by molar-refractivity contribution is -0.137. The smallest absolute Gasteiger partial charge is 0.366 e. The molecule has 5 nitrogen and oxygen atoms in total. The number of aromatic nitrogens is 2. The van der Waals surface area contributed by atoms with Gasteiger partial charge in [0.2, 0.25) is 0 Å². The van der Waals surface area contributed by atoms with Gasteiger partial charge in [0.15, 0.2) is 0 Å². The van der Waals surface area contributed by atoms with E-state index in [0.717, 1.165) is 12.1 Å². The average molecular weight is 336 g/mol. The zero-order chi connectivity index (χ0) is 17.7. The Balaban J connectivity index is 2.14. The Labute approximate surface area is 136 Å². The Kier molecular flexibility index (Phi) is 5.18. The highest BCUT2D eigenvalue weighted by Gasteiger charge is 2.30. The van der Waals surface area contributed by atoms with Gasteiger partial charge in [0, 0.05) is 18.3 Å². The first-order chi connectivity index (χ1) is 11.3. The molecule has 126 valence electrons. The molecule has 2 aromatic rings. The van der Waals surface area contributed by atoms with Crippen LogP contribution < -0.4 is 10.6 Å². The molecular formula is C16H15F3N4O. The third kappa shape index (κ3) is 4.55. The van der Waals surface area contributed by atoms with Gasteiger partial charge in [-0.3, -0.25) is 4.79 Å². The van der Waals surface area contributed by atoms with Crippen molar-refractivity contribution < 1.29 is 18.0 Å². The fourth-order valence-corrected chi connectivity index (χ4v) is 1.89. The normalized spacial score (nSPS) is 11.0. The number of halogens is 3. The maximum atomic E-state index is 12.5. The fourth-order valence-electron chi connectivity index (χ4n) is 1.89. The summed E-state index contributed by atoms with van der Waals surface area (Å²) in [6.45, 7) is 5.67. The van der Waals surface area contributed by atoms with Gasteiger partial charge >= 0.3 is 6.18 Å². The highest BCUT2D eigenvalue weighted by molar-refractivity contribution is 6.03. The molecule has 8 heteroatoms. The van der Waals surface area contributed by atoms with Gasteiger partial charge in [0.25, 0.3) is 5.91 Å². The molecular weight excluding hydrogens is 321 g/mol. The van der Waals surface area contributed by atoms with E-state index in [1.54, 1.807) is 13.0 Å². The molecule has 0 saturated carbocycles. The van der Waals surface area contributed by atoms with Gasteiger partial charge in [-0.1, -0.05) is 6.08 Å². The number of nitrogens with one attached hydrogen (secondary N) is 2. The summed E-state index contributed by atoms with van der Waals surface area (Å²) in [6, 6.07) is 5.63. The molecule has 0 fully saturated rings. The Morgan fingerprint density at radius 1 is 1.25 bits per heavy atom. The van der Waals surface area contributed by atoms with E-state index < -0.39 is 17.6 Å². The molecule has 2 rings (SSSR count). The van der Waals surface area contributed by atoms with Crippen LogP contribution in [0.4, 0.5) is 24.7 Å². The summed E-state index contributed by atoms with van der Waals surface area (Å²) in [6.07, 6.45) is -2.78. The van der Waals surface area contributed by atoms with Crippen molar-refractivity contribution in [2.45, 2.75) is 13.1 Å². The van der Waals surface area contributed by atoms with Crippen LogP contribution in [0.2, 0.25) is 0 Å². The molecule has 1 amide bonds. The summed E-state index contributed by atoms with van der Waals surface area (Å²) in [5.41, 5.74) is -0.437. The van der Waals surface area contributed by atoms with Crippen molar-refractivity contribution in [2.24, 2.45) is 0 Å². The summed E-state index contributed by atoms with van der Waals surface area (Å²) in [5.74, 6) is 0.309. The van der Waals surface area contributed by atoms with Crippen LogP contribution in [-0.4, -0.2) is 22.4 Å². The first-order valence-corrected chi connectivity index (χ1v) is 6.98. The molecule has 1 aromatic heterocycles. The summed E-state index contributed by atoms with van der Waals surface area (Å²) in [7, 11) is 0. The second-order valence-corrected chi connectivity index (χ2v) is 4.88. The van der Waals surface area contributed by atoms with E-state index in [9.17, 15) is 18.0 Å². The average Bonchev–Trinajstić information content (AvgIpc) is 2.52. The molecule has 1 aromatic carbocycles. The zero-order valence-corrected chi connectivity index (χ0v) is 12.8. The Hall–Kier alpha value is -2.90. The number of alkyl halides is 3. The van der Waals surface area contributed by atoms with E-state index in [1.807, 2.05) is 0 Å². The van der Waals surface area contributed by atoms with Crippen LogP contribution >= 0.6 is 0 Å². The first-order valence-electron chi connectivity index (χ1n) is 6.98. The van der Waals surface area contributed by atoms with Crippen LogP contribution in [0.5, 0.6) is 0 Å². The second kappa shape index (κ2) is 7.12. The second-order valence-electron chi connectivity index (χ2n) is 4.88. The zero-order valence-electron chi connectivity index (χ0n) is 12.8. The first kappa shape index (κ1) is 17.5. The molecule has 1 heterocycles.